The van der Waals surface area contributed by atoms with Gasteiger partial charge in [0.05, 0.1) is 0 Å². The Bertz CT molecular complexity index is 244. The topological polar surface area (TPSA) is 17.1 Å². The maximum absolute atomic E-state index is 11.1. The first kappa shape index (κ1) is 9.24. The molecule has 0 aromatic rings. The molecule has 0 amide bonds. The molecule has 1 nitrogen and oxygen atoms in total. The van der Waals surface area contributed by atoms with E-state index in [1.807, 2.05) is 13.0 Å². The van der Waals surface area contributed by atoms with Gasteiger partial charge >= 0.3 is 0 Å². The molecular weight excluding hydrogens is 148 g/mol. The minimum Gasteiger partial charge on any atom is -0.295 e. The lowest BCUT2D eigenvalue weighted by Crippen LogP contribution is -2.10. The Hall–Kier alpha value is -0.850. The Balaban J connectivity index is 2.83. The number of carbonyl (C=O) groups is 1. The van der Waals surface area contributed by atoms with Crippen LogP contribution in [0, 0.1) is 5.41 Å². The summed E-state index contributed by atoms with van der Waals surface area (Å²) in [6.07, 6.45) is 7.42. The summed E-state index contributed by atoms with van der Waals surface area (Å²) in [5.41, 5.74) is 1.40. The number of hydrogen-bond acceptors (Lipinski definition) is 1. The summed E-state index contributed by atoms with van der Waals surface area (Å²) in [5.74, 6) is 0.222. The van der Waals surface area contributed by atoms with Crippen molar-refractivity contribution < 1.29 is 4.79 Å². The molecule has 0 aromatic heterocycles. The zero-order chi connectivity index (χ0) is 9.19. The zero-order valence-corrected chi connectivity index (χ0v) is 8.05. The molecule has 0 unspecified atom stereocenters. The van der Waals surface area contributed by atoms with Crippen LogP contribution in [0.2, 0.25) is 0 Å². The van der Waals surface area contributed by atoms with Crippen molar-refractivity contribution in [2.24, 2.45) is 5.41 Å². The lowest BCUT2D eigenvalue weighted by atomic mass is 9.84. The molecular formula is C11H16O. The number of rotatable bonds is 0. The van der Waals surface area contributed by atoms with Gasteiger partial charge in [0, 0.05) is 6.42 Å². The molecule has 0 atom stereocenters. The minimum absolute atomic E-state index is 0.210. The third-order valence-electron chi connectivity index (χ3n) is 2.03. The van der Waals surface area contributed by atoms with E-state index >= 15 is 0 Å². The van der Waals surface area contributed by atoms with Gasteiger partial charge in [-0.1, -0.05) is 31.6 Å². The predicted molar refractivity (Wildman–Crippen MR) is 50.9 cm³/mol. The summed E-state index contributed by atoms with van der Waals surface area (Å²) in [6, 6.07) is 0. The molecule has 0 fully saturated rings. The molecule has 1 rings (SSSR count). The molecule has 0 N–H and O–H groups in total. The van der Waals surface area contributed by atoms with Crippen LogP contribution >= 0.6 is 0 Å². The van der Waals surface area contributed by atoms with Crippen LogP contribution < -0.4 is 0 Å². The van der Waals surface area contributed by atoms with Crippen LogP contribution in [0.4, 0.5) is 0 Å². The van der Waals surface area contributed by atoms with Gasteiger partial charge in [0.1, 0.15) is 0 Å². The highest BCUT2D eigenvalue weighted by molar-refractivity contribution is 5.91. The maximum atomic E-state index is 11.1. The van der Waals surface area contributed by atoms with Crippen LogP contribution in [0.15, 0.2) is 23.8 Å². The molecule has 0 spiro atoms. The average Bonchev–Trinajstić information content (AvgIpc) is 1.81. The minimum atomic E-state index is 0.210. The van der Waals surface area contributed by atoms with Crippen molar-refractivity contribution in [3.8, 4) is 0 Å². The summed E-state index contributed by atoms with van der Waals surface area (Å²) < 4.78 is 0. The van der Waals surface area contributed by atoms with Crippen LogP contribution in [-0.2, 0) is 4.79 Å². The van der Waals surface area contributed by atoms with E-state index in [-0.39, 0.29) is 11.2 Å². The fraction of sp³-hybridized carbons (Fsp3) is 0.545. The third-order valence-corrected chi connectivity index (χ3v) is 2.03. The molecule has 1 aliphatic rings. The molecule has 66 valence electrons. The van der Waals surface area contributed by atoms with Crippen LogP contribution in [0.1, 0.15) is 33.6 Å². The van der Waals surface area contributed by atoms with E-state index < -0.39 is 0 Å². The lowest BCUT2D eigenvalue weighted by molar-refractivity contribution is -0.113. The highest BCUT2D eigenvalue weighted by atomic mass is 16.1. The highest BCUT2D eigenvalue weighted by Crippen LogP contribution is 2.28. The smallest absolute Gasteiger partial charge is 0.159 e. The maximum Gasteiger partial charge on any atom is 0.159 e. The molecule has 1 aliphatic carbocycles. The second kappa shape index (κ2) is 3.26. The van der Waals surface area contributed by atoms with Gasteiger partial charge in [0.2, 0.25) is 0 Å². The van der Waals surface area contributed by atoms with Crippen molar-refractivity contribution in [3.63, 3.8) is 0 Å². The average molecular weight is 164 g/mol. The molecule has 0 saturated heterocycles. The van der Waals surface area contributed by atoms with E-state index in [9.17, 15) is 4.79 Å². The van der Waals surface area contributed by atoms with Gasteiger partial charge in [-0.25, -0.2) is 0 Å². The van der Waals surface area contributed by atoms with Crippen LogP contribution in [0.5, 0.6) is 0 Å². The van der Waals surface area contributed by atoms with Crippen molar-refractivity contribution in [3.05, 3.63) is 23.8 Å². The summed E-state index contributed by atoms with van der Waals surface area (Å²) in [5, 5.41) is 0. The molecule has 1 heteroatoms. The van der Waals surface area contributed by atoms with E-state index in [2.05, 4.69) is 19.9 Å². The van der Waals surface area contributed by atoms with Crippen molar-refractivity contribution in [1.29, 1.82) is 0 Å². The normalized spacial score (nSPS) is 29.9. The van der Waals surface area contributed by atoms with Gasteiger partial charge in [0.15, 0.2) is 5.78 Å². The number of hydrogen-bond donors (Lipinski definition) is 0. The second-order valence-electron chi connectivity index (χ2n) is 4.23. The van der Waals surface area contributed by atoms with Gasteiger partial charge in [-0.15, -0.1) is 0 Å². The van der Waals surface area contributed by atoms with E-state index in [0.29, 0.717) is 6.42 Å². The van der Waals surface area contributed by atoms with Crippen molar-refractivity contribution in [2.75, 3.05) is 0 Å². The lowest BCUT2D eigenvalue weighted by Gasteiger charge is -2.21. The molecule has 0 bridgehead atoms. The molecule has 0 aromatic carbocycles. The summed E-state index contributed by atoms with van der Waals surface area (Å²) in [4.78, 5) is 11.1. The SMILES string of the molecule is C/C1=C/C(=O)C/C=C\C(C)(C)C1. The summed E-state index contributed by atoms with van der Waals surface area (Å²) >= 11 is 0. The predicted octanol–water partition coefficient (Wildman–Crippen LogP) is 2.88. The molecule has 0 aliphatic heterocycles. The number of allylic oxidation sites excluding steroid dienone is 4. The zero-order valence-electron chi connectivity index (χ0n) is 8.05. The van der Waals surface area contributed by atoms with Crippen molar-refractivity contribution >= 4 is 5.78 Å². The molecule has 0 heterocycles. The van der Waals surface area contributed by atoms with Crippen molar-refractivity contribution in [2.45, 2.75) is 33.6 Å². The largest absolute Gasteiger partial charge is 0.295 e. The Kier molecular flexibility index (Phi) is 2.51. The fourth-order valence-electron chi connectivity index (χ4n) is 1.66. The fourth-order valence-corrected chi connectivity index (χ4v) is 1.66. The Morgan fingerprint density at radius 2 is 2.08 bits per heavy atom. The van der Waals surface area contributed by atoms with Gasteiger partial charge in [0.25, 0.3) is 0 Å². The summed E-state index contributed by atoms with van der Waals surface area (Å²) in [7, 11) is 0. The Labute approximate surface area is 74.2 Å². The summed E-state index contributed by atoms with van der Waals surface area (Å²) in [6.45, 7) is 6.41. The highest BCUT2D eigenvalue weighted by Gasteiger charge is 2.16. The standard InChI is InChI=1S/C11H16O/c1-9-7-10(12)5-4-6-11(2,3)8-9/h4,6-7H,5,8H2,1-3H3/b6-4-,9-7-. The Morgan fingerprint density at radius 3 is 2.75 bits per heavy atom. The number of ketones is 1. The Morgan fingerprint density at radius 1 is 1.42 bits per heavy atom. The number of carbonyl (C=O) groups excluding carboxylic acids is 1. The first-order valence-corrected chi connectivity index (χ1v) is 4.37. The second-order valence-corrected chi connectivity index (χ2v) is 4.23. The van der Waals surface area contributed by atoms with Gasteiger partial charge in [-0.3, -0.25) is 4.79 Å². The van der Waals surface area contributed by atoms with Crippen molar-refractivity contribution in [1.82, 2.24) is 0 Å². The molecule has 0 radical (unpaired) electrons. The van der Waals surface area contributed by atoms with E-state index in [4.69, 9.17) is 0 Å². The van der Waals surface area contributed by atoms with Gasteiger partial charge < -0.3 is 0 Å². The van der Waals surface area contributed by atoms with Gasteiger partial charge in [-0.2, -0.15) is 0 Å². The van der Waals surface area contributed by atoms with E-state index in [0.717, 1.165) is 6.42 Å². The van der Waals surface area contributed by atoms with Crippen LogP contribution in [0.3, 0.4) is 0 Å². The van der Waals surface area contributed by atoms with Gasteiger partial charge in [-0.05, 0) is 24.8 Å². The molecule has 12 heavy (non-hydrogen) atoms. The van der Waals surface area contributed by atoms with Crippen LogP contribution in [-0.4, -0.2) is 5.78 Å². The quantitative estimate of drug-likeness (QED) is 0.503. The first-order chi connectivity index (χ1) is 5.49. The third kappa shape index (κ3) is 2.65. The monoisotopic (exact) mass is 164 g/mol. The molecule has 0 saturated carbocycles. The van der Waals surface area contributed by atoms with Crippen LogP contribution in [0.25, 0.3) is 0 Å². The first-order valence-electron chi connectivity index (χ1n) is 4.37. The van der Waals surface area contributed by atoms with E-state index in [1.165, 1.54) is 5.57 Å². The van der Waals surface area contributed by atoms with E-state index in [1.54, 1.807) is 6.08 Å².